The van der Waals surface area contributed by atoms with Gasteiger partial charge in [0.15, 0.2) is 6.10 Å². The maximum absolute atomic E-state index is 12.9. The third-order valence-corrected chi connectivity index (χ3v) is 13.9. The van der Waals surface area contributed by atoms with Crippen LogP contribution in [-0.4, -0.2) is 37.2 Å². The molecule has 0 heterocycles. The molecule has 0 spiro atoms. The van der Waals surface area contributed by atoms with E-state index in [-0.39, 0.29) is 31.1 Å². The summed E-state index contributed by atoms with van der Waals surface area (Å²) in [6.45, 7) is 6.39. The predicted octanol–water partition coefficient (Wildman–Crippen LogP) is 22.9. The summed E-state index contributed by atoms with van der Waals surface area (Å²) < 4.78 is 16.9. The van der Waals surface area contributed by atoms with E-state index < -0.39 is 6.10 Å². The minimum Gasteiger partial charge on any atom is -0.462 e. The lowest BCUT2D eigenvalue weighted by Gasteiger charge is -2.18. The van der Waals surface area contributed by atoms with Crippen LogP contribution in [0.15, 0.2) is 134 Å². The topological polar surface area (TPSA) is 78.9 Å². The summed E-state index contributed by atoms with van der Waals surface area (Å²) in [7, 11) is 0. The van der Waals surface area contributed by atoms with Crippen molar-refractivity contribution in [2.75, 3.05) is 13.2 Å². The van der Waals surface area contributed by atoms with Gasteiger partial charge in [0.25, 0.3) is 0 Å². The maximum atomic E-state index is 12.9. The Morgan fingerprint density at radius 1 is 0.263 bits per heavy atom. The van der Waals surface area contributed by atoms with E-state index in [0.717, 1.165) is 148 Å². The molecule has 1 atom stereocenters. The Morgan fingerprint density at radius 3 is 0.775 bits per heavy atom. The molecule has 0 aliphatic heterocycles. The van der Waals surface area contributed by atoms with Crippen LogP contribution in [0, 0.1) is 0 Å². The predicted molar refractivity (Wildman–Crippen MR) is 348 cm³/mol. The Hall–Kier alpha value is -4.45. The average Bonchev–Trinajstić information content (AvgIpc) is 3.46. The fourth-order valence-electron chi connectivity index (χ4n) is 9.00. The first-order valence-corrected chi connectivity index (χ1v) is 33.2. The molecule has 0 aliphatic rings. The van der Waals surface area contributed by atoms with E-state index in [1.807, 2.05) is 0 Å². The molecule has 0 rings (SSSR count). The number of rotatable bonds is 59. The van der Waals surface area contributed by atoms with Crippen molar-refractivity contribution < 1.29 is 28.6 Å². The van der Waals surface area contributed by atoms with Crippen molar-refractivity contribution >= 4 is 17.9 Å². The van der Waals surface area contributed by atoms with Crippen LogP contribution in [0.4, 0.5) is 0 Å². The zero-order valence-electron chi connectivity index (χ0n) is 52.0. The molecule has 6 nitrogen and oxygen atoms in total. The second kappa shape index (κ2) is 67.1. The van der Waals surface area contributed by atoms with E-state index in [1.54, 1.807) is 0 Å². The molecule has 6 heteroatoms. The van der Waals surface area contributed by atoms with E-state index in [0.29, 0.717) is 19.3 Å². The molecule has 0 saturated heterocycles. The number of ether oxygens (including phenoxy) is 3. The summed E-state index contributed by atoms with van der Waals surface area (Å²) in [5.41, 5.74) is 0. The number of esters is 3. The first-order chi connectivity index (χ1) is 39.5. The monoisotopic (exact) mass is 1110 g/mol. The molecular weight excluding hydrogens is 985 g/mol. The quantitative estimate of drug-likeness (QED) is 0.0261. The van der Waals surface area contributed by atoms with Gasteiger partial charge in [0, 0.05) is 19.3 Å². The zero-order chi connectivity index (χ0) is 57.8. The van der Waals surface area contributed by atoms with E-state index in [9.17, 15) is 14.4 Å². The Kier molecular flexibility index (Phi) is 63.3. The zero-order valence-corrected chi connectivity index (χ0v) is 52.0. The third-order valence-electron chi connectivity index (χ3n) is 13.9. The van der Waals surface area contributed by atoms with Gasteiger partial charge in [0.1, 0.15) is 13.2 Å². The van der Waals surface area contributed by atoms with Crippen molar-refractivity contribution in [1.29, 1.82) is 0 Å². The van der Waals surface area contributed by atoms with Crippen LogP contribution in [0.25, 0.3) is 0 Å². The van der Waals surface area contributed by atoms with Gasteiger partial charge in [0.2, 0.25) is 0 Å². The van der Waals surface area contributed by atoms with E-state index in [2.05, 4.69) is 154 Å². The smallest absolute Gasteiger partial charge is 0.306 e. The van der Waals surface area contributed by atoms with Crippen molar-refractivity contribution in [1.82, 2.24) is 0 Å². The Bertz CT molecular complexity index is 1700. The van der Waals surface area contributed by atoms with Crippen molar-refractivity contribution in [3.63, 3.8) is 0 Å². The molecule has 1 unspecified atom stereocenters. The summed E-state index contributed by atoms with van der Waals surface area (Å²) in [6.07, 6.45) is 94.7. The number of allylic oxidation sites excluding steroid dienone is 22. The average molecular weight is 1110 g/mol. The van der Waals surface area contributed by atoms with E-state index in [1.165, 1.54) is 109 Å². The molecule has 0 amide bonds. The minimum absolute atomic E-state index is 0.102. The molecule has 0 N–H and O–H groups in total. The van der Waals surface area contributed by atoms with E-state index >= 15 is 0 Å². The molecule has 0 radical (unpaired) electrons. The highest BCUT2D eigenvalue weighted by molar-refractivity contribution is 5.71. The molecule has 0 aromatic heterocycles. The Labute approximate surface area is 494 Å². The van der Waals surface area contributed by atoms with Gasteiger partial charge >= 0.3 is 17.9 Å². The molecule has 0 aliphatic carbocycles. The van der Waals surface area contributed by atoms with Crippen LogP contribution in [0.5, 0.6) is 0 Å². The molecule has 454 valence electrons. The molecule has 0 aromatic carbocycles. The Morgan fingerprint density at radius 2 is 0.487 bits per heavy atom. The van der Waals surface area contributed by atoms with Crippen LogP contribution in [0.1, 0.15) is 297 Å². The number of unbranched alkanes of at least 4 members (excludes halogenated alkanes) is 26. The van der Waals surface area contributed by atoms with Crippen molar-refractivity contribution in [2.24, 2.45) is 0 Å². The first-order valence-electron chi connectivity index (χ1n) is 33.2. The lowest BCUT2D eigenvalue weighted by atomic mass is 10.0. The largest absolute Gasteiger partial charge is 0.462 e. The van der Waals surface area contributed by atoms with Crippen molar-refractivity contribution in [3.8, 4) is 0 Å². The lowest BCUT2D eigenvalue weighted by molar-refractivity contribution is -0.167. The molecule has 0 bridgehead atoms. The van der Waals surface area contributed by atoms with Crippen LogP contribution in [0.2, 0.25) is 0 Å². The maximum Gasteiger partial charge on any atom is 0.306 e. The Balaban J connectivity index is 4.39. The van der Waals surface area contributed by atoms with Gasteiger partial charge in [0.05, 0.1) is 0 Å². The van der Waals surface area contributed by atoms with Crippen LogP contribution in [-0.2, 0) is 28.6 Å². The van der Waals surface area contributed by atoms with Gasteiger partial charge in [-0.05, 0) is 116 Å². The van der Waals surface area contributed by atoms with Crippen LogP contribution in [0.3, 0.4) is 0 Å². The van der Waals surface area contributed by atoms with Gasteiger partial charge in [-0.25, -0.2) is 0 Å². The minimum atomic E-state index is -0.805. The summed E-state index contributed by atoms with van der Waals surface area (Å²) in [5.74, 6) is -0.948. The summed E-state index contributed by atoms with van der Waals surface area (Å²) >= 11 is 0. The number of carbonyl (C=O) groups is 3. The fraction of sp³-hybridized carbons (Fsp3) is 0.662. The summed E-state index contributed by atoms with van der Waals surface area (Å²) in [5, 5.41) is 0. The van der Waals surface area contributed by atoms with Crippen LogP contribution >= 0.6 is 0 Å². The number of hydrogen-bond donors (Lipinski definition) is 0. The third kappa shape index (κ3) is 64.4. The van der Waals surface area contributed by atoms with Crippen molar-refractivity contribution in [3.05, 3.63) is 134 Å². The van der Waals surface area contributed by atoms with E-state index in [4.69, 9.17) is 14.2 Å². The molecule has 0 fully saturated rings. The first kappa shape index (κ1) is 75.5. The molecule has 0 saturated carbocycles. The highest BCUT2D eigenvalue weighted by Crippen LogP contribution is 2.16. The normalized spacial score (nSPS) is 13.0. The summed E-state index contributed by atoms with van der Waals surface area (Å²) in [4.78, 5) is 38.3. The summed E-state index contributed by atoms with van der Waals surface area (Å²) in [6, 6.07) is 0. The number of hydrogen-bond acceptors (Lipinski definition) is 6. The molecular formula is C74H122O6. The van der Waals surface area contributed by atoms with Crippen molar-refractivity contribution in [2.45, 2.75) is 303 Å². The van der Waals surface area contributed by atoms with Gasteiger partial charge in [-0.2, -0.15) is 0 Å². The number of carbonyl (C=O) groups excluding carboxylic acids is 3. The second-order valence-corrected chi connectivity index (χ2v) is 21.6. The molecule has 0 aromatic rings. The second-order valence-electron chi connectivity index (χ2n) is 21.6. The highest BCUT2D eigenvalue weighted by atomic mass is 16.6. The SMILES string of the molecule is CC/C=C\C/C=C\C/C=C\C/C=C\C/C=C\C/C=C\C/C=C\C/C=C\CCCCCCC(=O)OCC(COC(=O)CCCCC/C=C\C/C=C\C/C=C\CC)OC(=O)CCCCCCCCCCCCCCCCCCCCCC. The molecule has 80 heavy (non-hydrogen) atoms. The fourth-order valence-corrected chi connectivity index (χ4v) is 9.00. The van der Waals surface area contributed by atoms with Gasteiger partial charge in [-0.15, -0.1) is 0 Å². The van der Waals surface area contributed by atoms with Gasteiger partial charge in [-0.3, -0.25) is 14.4 Å². The lowest BCUT2D eigenvalue weighted by Crippen LogP contribution is -2.30. The van der Waals surface area contributed by atoms with Gasteiger partial charge in [-0.1, -0.05) is 296 Å². The van der Waals surface area contributed by atoms with Gasteiger partial charge < -0.3 is 14.2 Å². The van der Waals surface area contributed by atoms with Crippen LogP contribution < -0.4 is 0 Å². The highest BCUT2D eigenvalue weighted by Gasteiger charge is 2.19. The standard InChI is InChI=1S/C74H122O6/c1-4-7-10-13-16-19-22-25-27-29-31-33-34-35-36-37-38-39-40-41-43-44-46-49-52-55-58-61-64-67-73(76)79-70-71(69-78-72(75)66-63-60-57-54-51-48-24-21-18-15-12-9-6-3)80-74(77)68-65-62-59-56-53-50-47-45-42-32-30-28-26-23-20-17-14-11-8-5-2/h7,9-10,12,16,18-19,21,25,27,31,33,35-36,38-39,41,43,46,48-49,51,71H,4-6,8,11,13-15,17,20,22-24,26,28-30,32,34,37,40,42,44-45,47,50,52-70H2,1-3H3/b10-7-,12-9-,19-16-,21-18-,27-25-,33-31-,36-35-,39-38-,43-41-,49-46-,51-48-.